The molecular formula is C13H8N2O3. The molecule has 18 heavy (non-hydrogen) atoms. The number of benzene rings is 1. The van der Waals surface area contributed by atoms with Crippen LogP contribution in [0.2, 0.25) is 0 Å². The second-order valence-electron chi connectivity index (χ2n) is 3.79. The molecule has 0 atom stereocenters. The Balaban J connectivity index is 2.10. The first-order chi connectivity index (χ1) is 8.74. The summed E-state index contributed by atoms with van der Waals surface area (Å²) in [5.74, 6) is -0.691. The molecule has 0 radical (unpaired) electrons. The Hall–Kier alpha value is -2.69. The van der Waals surface area contributed by atoms with Crippen LogP contribution in [0.3, 0.4) is 0 Å². The Bertz CT molecular complexity index is 734. The third kappa shape index (κ3) is 1.71. The number of nitrogens with zero attached hydrogens (tertiary/aromatic N) is 2. The smallest absolute Gasteiger partial charge is 0.358 e. The topological polar surface area (TPSA) is 76.2 Å². The van der Waals surface area contributed by atoms with Crippen molar-refractivity contribution in [3.63, 3.8) is 0 Å². The largest absolute Gasteiger partial charge is 0.476 e. The van der Waals surface area contributed by atoms with Crippen molar-refractivity contribution >= 4 is 16.9 Å². The van der Waals surface area contributed by atoms with Crippen LogP contribution in [0.25, 0.3) is 22.2 Å². The van der Waals surface area contributed by atoms with Crippen molar-refractivity contribution in [2.24, 2.45) is 0 Å². The lowest BCUT2D eigenvalue weighted by Crippen LogP contribution is -1.94. The van der Waals surface area contributed by atoms with Crippen LogP contribution >= 0.6 is 0 Å². The van der Waals surface area contributed by atoms with E-state index in [1.54, 1.807) is 6.20 Å². The van der Waals surface area contributed by atoms with E-state index in [4.69, 9.17) is 9.63 Å². The summed E-state index contributed by atoms with van der Waals surface area (Å²) in [5, 5.41) is 13.3. The van der Waals surface area contributed by atoms with Gasteiger partial charge in [0.1, 0.15) is 0 Å². The molecule has 0 saturated carbocycles. The van der Waals surface area contributed by atoms with E-state index >= 15 is 0 Å². The van der Waals surface area contributed by atoms with Crippen LogP contribution in [0.5, 0.6) is 0 Å². The highest BCUT2D eigenvalue weighted by atomic mass is 16.5. The maximum Gasteiger partial charge on any atom is 0.358 e. The molecule has 0 aliphatic rings. The number of hydrogen-bond donors (Lipinski definition) is 1. The van der Waals surface area contributed by atoms with Crippen LogP contribution in [0.1, 0.15) is 10.5 Å². The number of pyridine rings is 1. The number of carbonyl (C=O) groups is 1. The van der Waals surface area contributed by atoms with Crippen LogP contribution in [-0.2, 0) is 0 Å². The molecule has 0 amide bonds. The maximum atomic E-state index is 10.7. The van der Waals surface area contributed by atoms with Gasteiger partial charge in [-0.3, -0.25) is 4.98 Å². The monoisotopic (exact) mass is 240 g/mol. The van der Waals surface area contributed by atoms with E-state index < -0.39 is 5.97 Å². The molecule has 5 nitrogen and oxygen atoms in total. The van der Waals surface area contributed by atoms with Crippen molar-refractivity contribution < 1.29 is 14.4 Å². The summed E-state index contributed by atoms with van der Waals surface area (Å²) < 4.78 is 5.00. The van der Waals surface area contributed by atoms with Crippen molar-refractivity contribution in [3.05, 3.63) is 48.3 Å². The number of rotatable bonds is 2. The van der Waals surface area contributed by atoms with Crippen LogP contribution < -0.4 is 0 Å². The average Bonchev–Trinajstić information content (AvgIpc) is 2.88. The van der Waals surface area contributed by atoms with E-state index in [1.165, 1.54) is 6.07 Å². The second-order valence-corrected chi connectivity index (χ2v) is 3.79. The molecule has 1 N–H and O–H groups in total. The Labute approximate surface area is 102 Å². The van der Waals surface area contributed by atoms with Crippen LogP contribution in [0.15, 0.2) is 47.1 Å². The van der Waals surface area contributed by atoms with Gasteiger partial charge in [0.15, 0.2) is 11.5 Å². The fourth-order valence-electron chi connectivity index (χ4n) is 1.73. The van der Waals surface area contributed by atoms with Gasteiger partial charge < -0.3 is 9.63 Å². The maximum absolute atomic E-state index is 10.7. The molecule has 88 valence electrons. The molecule has 0 unspecified atom stereocenters. The van der Waals surface area contributed by atoms with Gasteiger partial charge in [-0.1, -0.05) is 23.4 Å². The van der Waals surface area contributed by atoms with Crippen molar-refractivity contribution in [3.8, 4) is 11.3 Å². The highest BCUT2D eigenvalue weighted by Crippen LogP contribution is 2.23. The summed E-state index contributed by atoms with van der Waals surface area (Å²) in [4.78, 5) is 15.0. The molecule has 0 saturated heterocycles. The van der Waals surface area contributed by atoms with Crippen LogP contribution in [0, 0.1) is 0 Å². The molecule has 0 bridgehead atoms. The molecule has 5 heteroatoms. The summed E-state index contributed by atoms with van der Waals surface area (Å²) in [6.45, 7) is 0. The van der Waals surface area contributed by atoms with Gasteiger partial charge in [0, 0.05) is 23.2 Å². The number of aromatic carboxylic acids is 1. The lowest BCUT2D eigenvalue weighted by Gasteiger charge is -1.98. The molecule has 2 aromatic heterocycles. The molecule has 3 rings (SSSR count). The SMILES string of the molecule is O=C(O)c1cc(-c2ccc3cccnc3c2)on1. The van der Waals surface area contributed by atoms with E-state index in [-0.39, 0.29) is 5.69 Å². The number of carboxylic acid groups (broad SMARTS) is 1. The molecule has 1 aromatic carbocycles. The second kappa shape index (κ2) is 3.96. The van der Waals surface area contributed by atoms with Gasteiger partial charge in [0.25, 0.3) is 0 Å². The summed E-state index contributed by atoms with van der Waals surface area (Å²) in [6, 6.07) is 10.8. The van der Waals surface area contributed by atoms with Gasteiger partial charge in [-0.15, -0.1) is 0 Å². The van der Waals surface area contributed by atoms with Crippen molar-refractivity contribution in [2.45, 2.75) is 0 Å². The first-order valence-corrected chi connectivity index (χ1v) is 5.29. The number of fused-ring (bicyclic) bond motifs is 1. The molecule has 0 spiro atoms. The predicted octanol–water partition coefficient (Wildman–Crippen LogP) is 2.59. The Kier molecular flexibility index (Phi) is 2.30. The zero-order valence-electron chi connectivity index (χ0n) is 9.20. The van der Waals surface area contributed by atoms with Gasteiger partial charge in [-0.25, -0.2) is 4.79 Å². The summed E-state index contributed by atoms with van der Waals surface area (Å²) in [5.41, 5.74) is 1.47. The molecule has 0 fully saturated rings. The summed E-state index contributed by atoms with van der Waals surface area (Å²) in [7, 11) is 0. The first kappa shape index (κ1) is 10.5. The van der Waals surface area contributed by atoms with Crippen LogP contribution in [0.4, 0.5) is 0 Å². The third-order valence-corrected chi connectivity index (χ3v) is 2.62. The van der Waals surface area contributed by atoms with Gasteiger partial charge in [-0.2, -0.15) is 0 Å². The zero-order valence-corrected chi connectivity index (χ0v) is 9.20. The molecule has 0 aliphatic heterocycles. The molecule has 0 aliphatic carbocycles. The molecule has 2 heterocycles. The van der Waals surface area contributed by atoms with Gasteiger partial charge in [-0.05, 0) is 12.1 Å². The Morgan fingerprint density at radius 1 is 1.22 bits per heavy atom. The van der Waals surface area contributed by atoms with Crippen LogP contribution in [-0.4, -0.2) is 21.2 Å². The summed E-state index contributed by atoms with van der Waals surface area (Å²) in [6.07, 6.45) is 1.70. The average molecular weight is 240 g/mol. The van der Waals surface area contributed by atoms with Crippen molar-refractivity contribution in [1.29, 1.82) is 0 Å². The molecular weight excluding hydrogens is 232 g/mol. The fourth-order valence-corrected chi connectivity index (χ4v) is 1.73. The minimum absolute atomic E-state index is 0.105. The van der Waals surface area contributed by atoms with Gasteiger partial charge in [0.2, 0.25) is 0 Å². The van der Waals surface area contributed by atoms with Gasteiger partial charge >= 0.3 is 5.97 Å². The predicted molar refractivity (Wildman–Crippen MR) is 64.2 cm³/mol. The van der Waals surface area contributed by atoms with E-state index in [1.807, 2.05) is 30.3 Å². The minimum Gasteiger partial charge on any atom is -0.476 e. The molecule has 3 aromatic rings. The normalized spacial score (nSPS) is 10.7. The lowest BCUT2D eigenvalue weighted by atomic mass is 10.1. The van der Waals surface area contributed by atoms with E-state index in [0.717, 1.165) is 16.5 Å². The fraction of sp³-hybridized carbons (Fsp3) is 0. The zero-order chi connectivity index (χ0) is 12.5. The Morgan fingerprint density at radius 2 is 2.11 bits per heavy atom. The number of hydrogen-bond acceptors (Lipinski definition) is 4. The number of carboxylic acids is 1. The van der Waals surface area contributed by atoms with E-state index in [0.29, 0.717) is 5.76 Å². The van der Waals surface area contributed by atoms with Crippen molar-refractivity contribution in [1.82, 2.24) is 10.1 Å². The Morgan fingerprint density at radius 3 is 2.89 bits per heavy atom. The standard InChI is InChI=1S/C13H8N2O3/c16-13(17)11-7-12(18-15-11)9-4-3-8-2-1-5-14-10(8)6-9/h1-7H,(H,16,17). The highest BCUT2D eigenvalue weighted by Gasteiger charge is 2.12. The highest BCUT2D eigenvalue weighted by molar-refractivity contribution is 5.87. The minimum atomic E-state index is -1.11. The third-order valence-electron chi connectivity index (χ3n) is 2.62. The van der Waals surface area contributed by atoms with Gasteiger partial charge in [0.05, 0.1) is 5.52 Å². The first-order valence-electron chi connectivity index (χ1n) is 5.29. The van der Waals surface area contributed by atoms with E-state index in [9.17, 15) is 4.79 Å². The quantitative estimate of drug-likeness (QED) is 0.745. The van der Waals surface area contributed by atoms with Crippen molar-refractivity contribution in [2.75, 3.05) is 0 Å². The number of aromatic nitrogens is 2. The summed E-state index contributed by atoms with van der Waals surface area (Å²) >= 11 is 0. The lowest BCUT2D eigenvalue weighted by molar-refractivity contribution is 0.0686. The van der Waals surface area contributed by atoms with E-state index in [2.05, 4.69) is 10.1 Å².